The highest BCUT2D eigenvalue weighted by atomic mass is 19.4. The molecule has 3 atom stereocenters. The van der Waals surface area contributed by atoms with E-state index in [2.05, 4.69) is 15.6 Å². The third kappa shape index (κ3) is 6.21. The fraction of sp³-hybridized carbons (Fsp3) is 0.429. The van der Waals surface area contributed by atoms with Crippen molar-refractivity contribution in [3.05, 3.63) is 72.2 Å². The van der Waals surface area contributed by atoms with Gasteiger partial charge in [0, 0.05) is 48.7 Å². The van der Waals surface area contributed by atoms with E-state index < -0.39 is 17.6 Å². The molecule has 196 valence electrons. The zero-order valence-electron chi connectivity index (χ0n) is 20.5. The number of nitrogens with one attached hydrogen (secondary N) is 2. The standard InChI is InChI=1S/C28H31F4N5/c29-23-17-21(12-13-22(23)28(30,31)32)37-16-6-9-20(18-37)34-25-10-4-5-11-26(25)36-27-33-15-14-24(35-27)19-7-2-1-3-8-19/h1-3,7-8,12-15,17,20,25-26,34H,4-6,9-11,16,18H2,(H,33,35,36)/t20-,25+,26+/m0/s1. The normalized spacial score (nSPS) is 22.6. The van der Waals surface area contributed by atoms with Crippen LogP contribution in [0.5, 0.6) is 0 Å². The smallest absolute Gasteiger partial charge is 0.370 e. The van der Waals surface area contributed by atoms with Gasteiger partial charge in [-0.1, -0.05) is 43.2 Å². The van der Waals surface area contributed by atoms with Gasteiger partial charge in [0.1, 0.15) is 5.82 Å². The molecule has 37 heavy (non-hydrogen) atoms. The van der Waals surface area contributed by atoms with Crippen molar-refractivity contribution in [1.29, 1.82) is 0 Å². The minimum Gasteiger partial charge on any atom is -0.370 e. The van der Waals surface area contributed by atoms with Gasteiger partial charge in [0.25, 0.3) is 0 Å². The van der Waals surface area contributed by atoms with E-state index in [1.165, 1.54) is 6.07 Å². The van der Waals surface area contributed by atoms with Crippen LogP contribution in [-0.2, 0) is 6.18 Å². The monoisotopic (exact) mass is 513 g/mol. The highest BCUT2D eigenvalue weighted by molar-refractivity contribution is 5.59. The van der Waals surface area contributed by atoms with Crippen LogP contribution in [0.3, 0.4) is 0 Å². The molecule has 0 spiro atoms. The maximum absolute atomic E-state index is 14.2. The number of anilines is 2. The molecule has 2 N–H and O–H groups in total. The van der Waals surface area contributed by atoms with Crippen molar-refractivity contribution >= 4 is 11.6 Å². The lowest BCUT2D eigenvalue weighted by atomic mass is 9.89. The molecule has 2 aromatic carbocycles. The number of hydrogen-bond donors (Lipinski definition) is 2. The molecule has 9 heteroatoms. The first-order valence-electron chi connectivity index (χ1n) is 12.9. The van der Waals surface area contributed by atoms with Crippen LogP contribution in [0.15, 0.2) is 60.8 Å². The Bertz CT molecular complexity index is 1190. The molecule has 0 bridgehead atoms. The Morgan fingerprint density at radius 1 is 0.892 bits per heavy atom. The Kier molecular flexibility index (Phi) is 7.60. The molecule has 2 fully saturated rings. The van der Waals surface area contributed by atoms with E-state index in [1.54, 1.807) is 6.20 Å². The zero-order chi connectivity index (χ0) is 25.8. The van der Waals surface area contributed by atoms with E-state index in [0.29, 0.717) is 24.7 Å². The maximum Gasteiger partial charge on any atom is 0.419 e. The van der Waals surface area contributed by atoms with Crippen molar-refractivity contribution in [1.82, 2.24) is 15.3 Å². The first-order chi connectivity index (χ1) is 17.9. The Balaban J connectivity index is 1.24. The van der Waals surface area contributed by atoms with Gasteiger partial charge in [-0.3, -0.25) is 0 Å². The van der Waals surface area contributed by atoms with Crippen molar-refractivity contribution in [2.45, 2.75) is 62.8 Å². The molecule has 2 aliphatic rings. The van der Waals surface area contributed by atoms with Crippen LogP contribution in [-0.4, -0.2) is 41.2 Å². The quantitative estimate of drug-likeness (QED) is 0.380. The van der Waals surface area contributed by atoms with Crippen LogP contribution in [0.25, 0.3) is 11.3 Å². The van der Waals surface area contributed by atoms with Crippen molar-refractivity contribution in [3.63, 3.8) is 0 Å². The molecule has 1 aliphatic carbocycles. The molecule has 1 aliphatic heterocycles. The van der Waals surface area contributed by atoms with Crippen molar-refractivity contribution < 1.29 is 17.6 Å². The lowest BCUT2D eigenvalue weighted by molar-refractivity contribution is -0.139. The highest BCUT2D eigenvalue weighted by Crippen LogP contribution is 2.34. The van der Waals surface area contributed by atoms with Crippen molar-refractivity contribution in [2.75, 3.05) is 23.3 Å². The van der Waals surface area contributed by atoms with Gasteiger partial charge in [0.15, 0.2) is 0 Å². The third-order valence-electron chi connectivity index (χ3n) is 7.30. The summed E-state index contributed by atoms with van der Waals surface area (Å²) in [4.78, 5) is 11.2. The van der Waals surface area contributed by atoms with Gasteiger partial charge in [0.2, 0.25) is 5.95 Å². The molecule has 3 aromatic rings. The summed E-state index contributed by atoms with van der Waals surface area (Å²) >= 11 is 0. The number of rotatable bonds is 6. The molecule has 1 aromatic heterocycles. The number of benzene rings is 2. The predicted molar refractivity (Wildman–Crippen MR) is 137 cm³/mol. The second-order valence-electron chi connectivity index (χ2n) is 9.89. The average Bonchev–Trinajstić information content (AvgIpc) is 2.90. The molecule has 2 heterocycles. The summed E-state index contributed by atoms with van der Waals surface area (Å²) in [6.45, 7) is 1.31. The Labute approximate surface area is 214 Å². The minimum absolute atomic E-state index is 0.156. The largest absolute Gasteiger partial charge is 0.419 e. The summed E-state index contributed by atoms with van der Waals surface area (Å²) in [7, 11) is 0. The van der Waals surface area contributed by atoms with Crippen LogP contribution in [0, 0.1) is 5.82 Å². The van der Waals surface area contributed by atoms with Gasteiger partial charge in [-0.15, -0.1) is 0 Å². The molecule has 1 saturated heterocycles. The Morgan fingerprint density at radius 2 is 1.68 bits per heavy atom. The topological polar surface area (TPSA) is 53.1 Å². The second-order valence-corrected chi connectivity index (χ2v) is 9.89. The maximum atomic E-state index is 14.2. The van der Waals surface area contributed by atoms with Gasteiger partial charge in [-0.2, -0.15) is 13.2 Å². The van der Waals surface area contributed by atoms with Crippen LogP contribution < -0.4 is 15.5 Å². The van der Waals surface area contributed by atoms with E-state index >= 15 is 0 Å². The molecule has 1 saturated carbocycles. The van der Waals surface area contributed by atoms with Crippen LogP contribution in [0.1, 0.15) is 44.1 Å². The number of halogens is 4. The lowest BCUT2D eigenvalue weighted by Gasteiger charge is -2.40. The third-order valence-corrected chi connectivity index (χ3v) is 7.30. The fourth-order valence-electron chi connectivity index (χ4n) is 5.45. The first-order valence-corrected chi connectivity index (χ1v) is 12.9. The number of hydrogen-bond acceptors (Lipinski definition) is 5. The summed E-state index contributed by atoms with van der Waals surface area (Å²) in [5, 5.41) is 7.34. The average molecular weight is 514 g/mol. The van der Waals surface area contributed by atoms with Crippen LogP contribution >= 0.6 is 0 Å². The second kappa shape index (κ2) is 11.0. The minimum atomic E-state index is -4.69. The summed E-state index contributed by atoms with van der Waals surface area (Å²) in [5.74, 6) is -0.625. The molecular weight excluding hydrogens is 482 g/mol. The van der Waals surface area contributed by atoms with E-state index in [9.17, 15) is 17.6 Å². The lowest BCUT2D eigenvalue weighted by Crippen LogP contribution is -2.55. The highest BCUT2D eigenvalue weighted by Gasteiger charge is 2.35. The number of piperidine rings is 1. The van der Waals surface area contributed by atoms with Crippen molar-refractivity contribution in [3.8, 4) is 11.3 Å². The van der Waals surface area contributed by atoms with E-state index in [0.717, 1.165) is 61.9 Å². The Morgan fingerprint density at radius 3 is 2.43 bits per heavy atom. The van der Waals surface area contributed by atoms with E-state index in [-0.39, 0.29) is 18.1 Å². The summed E-state index contributed by atoms with van der Waals surface area (Å²) in [6.07, 6.45) is 3.18. The van der Waals surface area contributed by atoms with E-state index in [4.69, 9.17) is 4.98 Å². The van der Waals surface area contributed by atoms with Gasteiger partial charge in [-0.25, -0.2) is 14.4 Å². The first kappa shape index (κ1) is 25.4. The Hall–Kier alpha value is -3.20. The van der Waals surface area contributed by atoms with E-state index in [1.807, 2.05) is 41.3 Å². The molecular formula is C28H31F4N5. The van der Waals surface area contributed by atoms with Gasteiger partial charge in [0.05, 0.1) is 11.3 Å². The summed E-state index contributed by atoms with van der Waals surface area (Å²) in [6, 6.07) is 15.6. The number of aromatic nitrogens is 2. The molecule has 0 radical (unpaired) electrons. The molecule has 5 rings (SSSR count). The van der Waals surface area contributed by atoms with Gasteiger partial charge in [-0.05, 0) is 49.9 Å². The zero-order valence-corrected chi connectivity index (χ0v) is 20.5. The molecule has 0 unspecified atom stereocenters. The predicted octanol–water partition coefficient (Wildman–Crippen LogP) is 6.28. The summed E-state index contributed by atoms with van der Waals surface area (Å²) in [5.41, 5.74) is 1.16. The number of alkyl halides is 3. The SMILES string of the molecule is Fc1cc(N2CCC[C@H](N[C@@H]3CCCC[C@H]3Nc3nccc(-c4ccccc4)n3)C2)ccc1C(F)(F)F. The van der Waals surface area contributed by atoms with Crippen LogP contribution in [0.4, 0.5) is 29.2 Å². The van der Waals surface area contributed by atoms with Gasteiger partial charge < -0.3 is 15.5 Å². The van der Waals surface area contributed by atoms with Crippen LogP contribution in [0.2, 0.25) is 0 Å². The molecule has 5 nitrogen and oxygen atoms in total. The number of nitrogens with zero attached hydrogens (tertiary/aromatic N) is 3. The molecule has 0 amide bonds. The fourth-order valence-corrected chi connectivity index (χ4v) is 5.45. The summed E-state index contributed by atoms with van der Waals surface area (Å²) < 4.78 is 53.1. The van der Waals surface area contributed by atoms with Crippen molar-refractivity contribution in [2.24, 2.45) is 0 Å². The van der Waals surface area contributed by atoms with Gasteiger partial charge >= 0.3 is 6.18 Å².